The van der Waals surface area contributed by atoms with Gasteiger partial charge < -0.3 is 15.4 Å². The first-order valence-corrected chi connectivity index (χ1v) is 9.13. The molecule has 0 aromatic carbocycles. The van der Waals surface area contributed by atoms with Crippen molar-refractivity contribution in [3.8, 4) is 0 Å². The number of amides is 4. The maximum Gasteiger partial charge on any atom is 0.329 e. The highest BCUT2D eigenvalue weighted by Gasteiger charge is 2.28. The fraction of sp³-hybridized carbons (Fsp3) is 0.778. The molecular formula is C18H31N3O5. The van der Waals surface area contributed by atoms with Crippen LogP contribution < -0.4 is 16.0 Å². The van der Waals surface area contributed by atoms with E-state index in [1.807, 2.05) is 0 Å². The van der Waals surface area contributed by atoms with Crippen molar-refractivity contribution >= 4 is 23.8 Å². The summed E-state index contributed by atoms with van der Waals surface area (Å²) < 4.78 is 5.03. The molecule has 2 atom stereocenters. The van der Waals surface area contributed by atoms with Crippen molar-refractivity contribution in [2.24, 2.45) is 5.41 Å². The average molecular weight is 369 g/mol. The molecule has 1 aliphatic carbocycles. The average Bonchev–Trinajstić information content (AvgIpc) is 2.54. The van der Waals surface area contributed by atoms with Gasteiger partial charge in [0.05, 0.1) is 0 Å². The fourth-order valence-corrected chi connectivity index (χ4v) is 2.48. The summed E-state index contributed by atoms with van der Waals surface area (Å²) in [5, 5.41) is 7.47. The van der Waals surface area contributed by atoms with Gasteiger partial charge in [-0.3, -0.25) is 14.9 Å². The van der Waals surface area contributed by atoms with Gasteiger partial charge in [-0.1, -0.05) is 40.0 Å². The second kappa shape index (κ2) is 9.54. The minimum absolute atomic E-state index is 0.0713. The molecule has 0 unspecified atom stereocenters. The Labute approximate surface area is 154 Å². The molecule has 4 amide bonds. The summed E-state index contributed by atoms with van der Waals surface area (Å²) in [5.41, 5.74) is -0.644. The lowest BCUT2D eigenvalue weighted by Crippen LogP contribution is -2.50. The van der Waals surface area contributed by atoms with E-state index in [4.69, 9.17) is 4.74 Å². The summed E-state index contributed by atoms with van der Waals surface area (Å²) >= 11 is 0. The van der Waals surface area contributed by atoms with Gasteiger partial charge in [0.1, 0.15) is 6.04 Å². The van der Waals surface area contributed by atoms with Gasteiger partial charge >= 0.3 is 12.0 Å². The van der Waals surface area contributed by atoms with E-state index in [2.05, 4.69) is 16.0 Å². The van der Waals surface area contributed by atoms with Gasteiger partial charge in [0.2, 0.25) is 5.91 Å². The smallest absolute Gasteiger partial charge is 0.329 e. The number of ether oxygens (including phenoxy) is 1. The van der Waals surface area contributed by atoms with Crippen LogP contribution in [0.15, 0.2) is 0 Å². The van der Waals surface area contributed by atoms with Crippen LogP contribution in [-0.4, -0.2) is 42.0 Å². The van der Waals surface area contributed by atoms with Gasteiger partial charge in [-0.15, -0.1) is 0 Å². The number of hydrogen-bond donors (Lipinski definition) is 3. The number of carbonyl (C=O) groups excluding carboxylic acids is 4. The Morgan fingerprint density at radius 3 is 2.12 bits per heavy atom. The molecule has 148 valence electrons. The number of hydrogen-bond acceptors (Lipinski definition) is 5. The Kier molecular flexibility index (Phi) is 8.05. The zero-order valence-corrected chi connectivity index (χ0v) is 16.3. The maximum atomic E-state index is 12.0. The topological polar surface area (TPSA) is 114 Å². The van der Waals surface area contributed by atoms with Gasteiger partial charge in [0.25, 0.3) is 5.91 Å². The van der Waals surface area contributed by atoms with Crippen LogP contribution in [-0.2, 0) is 19.1 Å². The van der Waals surface area contributed by atoms with Crippen molar-refractivity contribution in [2.45, 2.75) is 84.9 Å². The van der Waals surface area contributed by atoms with Crippen molar-refractivity contribution in [3.63, 3.8) is 0 Å². The zero-order valence-electron chi connectivity index (χ0n) is 16.3. The van der Waals surface area contributed by atoms with E-state index in [0.717, 1.165) is 32.1 Å². The molecule has 0 spiro atoms. The highest BCUT2D eigenvalue weighted by atomic mass is 16.5. The molecule has 0 aliphatic heterocycles. The van der Waals surface area contributed by atoms with E-state index < -0.39 is 35.5 Å². The number of esters is 1. The van der Waals surface area contributed by atoms with Crippen LogP contribution in [0.2, 0.25) is 0 Å². The third-order valence-electron chi connectivity index (χ3n) is 4.22. The molecule has 1 rings (SSSR count). The first-order chi connectivity index (χ1) is 12.0. The minimum atomic E-state index is -1.14. The van der Waals surface area contributed by atoms with Gasteiger partial charge in [-0.05, 0) is 26.7 Å². The Balaban J connectivity index is 2.41. The predicted octanol–water partition coefficient (Wildman–Crippen LogP) is 1.63. The van der Waals surface area contributed by atoms with E-state index >= 15 is 0 Å². The zero-order chi connectivity index (χ0) is 19.9. The van der Waals surface area contributed by atoms with Crippen LogP contribution in [0.4, 0.5) is 4.79 Å². The summed E-state index contributed by atoms with van der Waals surface area (Å²) in [6.45, 7) is 8.02. The van der Waals surface area contributed by atoms with E-state index in [1.54, 1.807) is 20.8 Å². The predicted molar refractivity (Wildman–Crippen MR) is 96.2 cm³/mol. The Bertz CT molecular complexity index is 535. The normalized spacial score (nSPS) is 17.6. The number of nitrogens with one attached hydrogen (secondary N) is 3. The van der Waals surface area contributed by atoms with Crippen LogP contribution in [0.5, 0.6) is 0 Å². The molecule has 8 nitrogen and oxygen atoms in total. The second-order valence-electron chi connectivity index (χ2n) is 7.82. The third kappa shape index (κ3) is 7.41. The van der Waals surface area contributed by atoms with E-state index in [0.29, 0.717) is 0 Å². The van der Waals surface area contributed by atoms with E-state index in [1.165, 1.54) is 13.8 Å². The first-order valence-electron chi connectivity index (χ1n) is 9.13. The SMILES string of the molecule is C[C@@H](NC(=O)C(C)(C)C)C(=O)O[C@H](C)C(=O)NC(=O)NC1CCCCC1. The van der Waals surface area contributed by atoms with Crippen LogP contribution in [0, 0.1) is 5.41 Å². The fourth-order valence-electron chi connectivity index (χ4n) is 2.48. The lowest BCUT2D eigenvalue weighted by atomic mass is 9.95. The molecule has 0 aromatic rings. The summed E-state index contributed by atoms with van der Waals surface area (Å²) in [4.78, 5) is 47.7. The third-order valence-corrected chi connectivity index (χ3v) is 4.22. The quantitative estimate of drug-likeness (QED) is 0.637. The van der Waals surface area contributed by atoms with Crippen LogP contribution >= 0.6 is 0 Å². The van der Waals surface area contributed by atoms with Crippen molar-refractivity contribution < 1.29 is 23.9 Å². The molecule has 0 bridgehead atoms. The molecule has 0 radical (unpaired) electrons. The molecule has 0 aromatic heterocycles. The summed E-state index contributed by atoms with van der Waals surface area (Å²) in [7, 11) is 0. The maximum absolute atomic E-state index is 12.0. The number of rotatable bonds is 5. The largest absolute Gasteiger partial charge is 0.451 e. The Morgan fingerprint density at radius 1 is 1.00 bits per heavy atom. The second-order valence-corrected chi connectivity index (χ2v) is 7.82. The van der Waals surface area contributed by atoms with Gasteiger partial charge in [0, 0.05) is 11.5 Å². The van der Waals surface area contributed by atoms with E-state index in [9.17, 15) is 19.2 Å². The lowest BCUT2D eigenvalue weighted by molar-refractivity contribution is -0.157. The number of imide groups is 1. The van der Waals surface area contributed by atoms with Crippen molar-refractivity contribution in [1.29, 1.82) is 0 Å². The van der Waals surface area contributed by atoms with Crippen LogP contribution in [0.25, 0.3) is 0 Å². The molecule has 8 heteroatoms. The molecular weight excluding hydrogens is 338 g/mol. The molecule has 1 saturated carbocycles. The number of urea groups is 1. The molecule has 1 fully saturated rings. The van der Waals surface area contributed by atoms with Crippen molar-refractivity contribution in [1.82, 2.24) is 16.0 Å². The molecule has 26 heavy (non-hydrogen) atoms. The van der Waals surface area contributed by atoms with Crippen molar-refractivity contribution in [2.75, 3.05) is 0 Å². The van der Waals surface area contributed by atoms with Crippen LogP contribution in [0.3, 0.4) is 0 Å². The monoisotopic (exact) mass is 369 g/mol. The summed E-state index contributed by atoms with van der Waals surface area (Å²) in [5.74, 6) is -1.75. The molecule has 1 aliphatic rings. The summed E-state index contributed by atoms with van der Waals surface area (Å²) in [6, 6.07) is -1.41. The highest BCUT2D eigenvalue weighted by Crippen LogP contribution is 2.17. The summed E-state index contributed by atoms with van der Waals surface area (Å²) in [6.07, 6.45) is 3.94. The van der Waals surface area contributed by atoms with E-state index in [-0.39, 0.29) is 11.9 Å². The van der Waals surface area contributed by atoms with Gasteiger partial charge in [0.15, 0.2) is 6.10 Å². The minimum Gasteiger partial charge on any atom is -0.451 e. The standard InChI is InChI=1S/C18H31N3O5/c1-11(19-16(24)18(3,4)5)15(23)26-12(2)14(22)21-17(25)20-13-9-7-6-8-10-13/h11-13H,6-10H2,1-5H3,(H,19,24)(H2,20,21,22,25)/t11-,12-/m1/s1. The van der Waals surface area contributed by atoms with Crippen molar-refractivity contribution in [3.05, 3.63) is 0 Å². The molecule has 0 saturated heterocycles. The van der Waals surface area contributed by atoms with Gasteiger partial charge in [-0.25, -0.2) is 9.59 Å². The van der Waals surface area contributed by atoms with Crippen LogP contribution in [0.1, 0.15) is 66.7 Å². The Morgan fingerprint density at radius 2 is 1.58 bits per heavy atom. The first kappa shape index (κ1) is 21.9. The molecule has 3 N–H and O–H groups in total. The highest BCUT2D eigenvalue weighted by molar-refractivity contribution is 5.97. The number of carbonyl (C=O) groups is 4. The molecule has 0 heterocycles. The Hall–Kier alpha value is -2.12. The lowest BCUT2D eigenvalue weighted by Gasteiger charge is -2.23. The van der Waals surface area contributed by atoms with Gasteiger partial charge in [-0.2, -0.15) is 0 Å².